The van der Waals surface area contributed by atoms with Crippen LogP contribution in [-0.2, 0) is 23.9 Å². The van der Waals surface area contributed by atoms with Crippen molar-refractivity contribution in [3.63, 3.8) is 0 Å². The second kappa shape index (κ2) is 45.8. The lowest BCUT2D eigenvalue weighted by molar-refractivity contribution is 0.269. The summed E-state index contributed by atoms with van der Waals surface area (Å²) in [5.41, 5.74) is 4.14. The number of benzene rings is 2. The average molecular weight is 1150 g/mol. The molecule has 0 atom stereocenters. The van der Waals surface area contributed by atoms with Crippen LogP contribution in [0.5, 0.6) is 11.5 Å². The van der Waals surface area contributed by atoms with Crippen LogP contribution < -0.4 is 9.47 Å². The Labute approximate surface area is 399 Å². The van der Waals surface area contributed by atoms with E-state index in [1.807, 2.05) is 12.1 Å². The fraction of sp³-hybridized carbons (Fsp3) is 0.750. The molecule has 2 aromatic rings. The Morgan fingerprint density at radius 1 is 0.379 bits per heavy atom. The maximum atomic E-state index is 9.25. The molecule has 0 aliphatic carbocycles. The smallest absolute Gasteiger partial charge is 0.120 e. The van der Waals surface area contributed by atoms with Crippen LogP contribution in [-0.4, -0.2) is 23.4 Å². The highest BCUT2D eigenvalue weighted by molar-refractivity contribution is 9.93. The van der Waals surface area contributed by atoms with E-state index in [1.165, 1.54) is 184 Å². The van der Waals surface area contributed by atoms with Crippen LogP contribution in [0.15, 0.2) is 36.4 Å². The lowest BCUT2D eigenvalue weighted by Gasteiger charge is -2.09. The van der Waals surface area contributed by atoms with Gasteiger partial charge in [-0.2, -0.15) is 0 Å². The van der Waals surface area contributed by atoms with Crippen molar-refractivity contribution in [1.29, 1.82) is 0 Å². The van der Waals surface area contributed by atoms with Crippen LogP contribution in [0.25, 0.3) is 0 Å². The number of aliphatic hydroxyl groups is 2. The fourth-order valence-electron chi connectivity index (χ4n) is 6.93. The van der Waals surface area contributed by atoms with Gasteiger partial charge in [-0.25, -0.2) is 0 Å². The predicted octanol–water partition coefficient (Wildman–Crippen LogP) is 19.3. The van der Waals surface area contributed by atoms with Crippen molar-refractivity contribution in [3.05, 3.63) is 58.7 Å². The van der Waals surface area contributed by atoms with Crippen LogP contribution in [0, 0.1) is 0 Å². The quantitative estimate of drug-likeness (QED) is 0.0406. The molecule has 0 spiro atoms. The maximum Gasteiger partial charge on any atom is 0.120 e. The minimum absolute atomic E-state index is 0.0247. The molecule has 2 aromatic carbocycles. The number of unbranched alkanes of at least 4 members (excludes halogenated alkanes) is 26. The van der Waals surface area contributed by atoms with Gasteiger partial charge in [-0.15, -0.1) is 0 Å². The third kappa shape index (κ3) is 39.6. The van der Waals surface area contributed by atoms with Gasteiger partial charge in [0.15, 0.2) is 0 Å². The maximum absolute atomic E-state index is 9.25. The Balaban J connectivity index is 0.00000102. The Hall–Kier alpha value is 0.790. The lowest BCUT2D eigenvalue weighted by Crippen LogP contribution is -1.99. The summed E-state index contributed by atoms with van der Waals surface area (Å²) in [6.07, 6.45) is 38.5. The minimum atomic E-state index is -0.183. The van der Waals surface area contributed by atoms with Gasteiger partial charge in [0.05, 0.1) is 26.4 Å². The molecule has 0 aliphatic rings. The Morgan fingerprint density at radius 3 is 0.845 bits per heavy atom. The second-order valence-corrected chi connectivity index (χ2v) is 32.1. The summed E-state index contributed by atoms with van der Waals surface area (Å²) in [6, 6.07) is 12.0. The van der Waals surface area contributed by atoms with E-state index in [9.17, 15) is 10.2 Å². The van der Waals surface area contributed by atoms with Crippen LogP contribution in [0.1, 0.15) is 216 Å². The van der Waals surface area contributed by atoms with Crippen molar-refractivity contribution < 1.29 is 19.7 Å². The molecule has 0 radical (unpaired) electrons. The molecular weight excluding hydrogens is 1070 g/mol. The van der Waals surface area contributed by atoms with Gasteiger partial charge in [0.25, 0.3) is 0 Å². The molecule has 0 fully saturated rings. The Morgan fingerprint density at radius 2 is 0.603 bits per heavy atom. The number of alkyl halides is 2. The van der Waals surface area contributed by atoms with Gasteiger partial charge in [-0.1, -0.05) is 225 Å². The summed E-state index contributed by atoms with van der Waals surface area (Å²) >= 11 is 16.6. The van der Waals surface area contributed by atoms with Crippen molar-refractivity contribution >= 4 is 82.4 Å². The van der Waals surface area contributed by atoms with E-state index in [1.54, 1.807) is 6.07 Å². The number of aliphatic hydroxyl groups excluding tert-OH is 2. The Kier molecular flexibility index (Phi) is 46.4. The molecule has 4 nitrogen and oxygen atoms in total. The molecule has 338 valence electrons. The van der Waals surface area contributed by atoms with E-state index in [2.05, 4.69) is 110 Å². The summed E-state index contributed by atoms with van der Waals surface area (Å²) < 4.78 is 11.5. The molecule has 10 heteroatoms. The molecule has 0 unspecified atom stereocenters. The first-order valence-corrected chi connectivity index (χ1v) is 32.6. The molecule has 0 saturated heterocycles. The summed E-state index contributed by atoms with van der Waals surface area (Å²) in [4.78, 5) is 0. The van der Waals surface area contributed by atoms with Crippen molar-refractivity contribution in [2.75, 3.05) is 13.2 Å². The van der Waals surface area contributed by atoms with E-state index < -0.39 is 0 Å². The monoisotopic (exact) mass is 1150 g/mol. The van der Waals surface area contributed by atoms with Gasteiger partial charge in [-0.05, 0) is 106 Å². The molecule has 0 heterocycles. The van der Waals surface area contributed by atoms with E-state index in [4.69, 9.17) is 9.47 Å². The van der Waals surface area contributed by atoms with Crippen molar-refractivity contribution in [3.8, 4) is 11.5 Å². The van der Waals surface area contributed by atoms with E-state index >= 15 is 0 Å². The van der Waals surface area contributed by atoms with Crippen molar-refractivity contribution in [2.45, 2.75) is 218 Å². The van der Waals surface area contributed by atoms with Crippen LogP contribution in [0.3, 0.4) is 0 Å². The highest BCUT2D eigenvalue weighted by Crippen LogP contribution is 2.59. The average Bonchev–Trinajstić information content (AvgIpc) is 3.23. The third-order valence-corrected chi connectivity index (χ3v) is 11.6. The molecular formula is C48H82Br5O4P. The van der Waals surface area contributed by atoms with Crippen molar-refractivity contribution in [2.24, 2.45) is 0 Å². The third-order valence-electron chi connectivity index (χ3n) is 10.3. The largest absolute Gasteiger partial charge is 0.494 e. The van der Waals surface area contributed by atoms with Gasteiger partial charge in [0.1, 0.15) is 15.5 Å². The zero-order chi connectivity index (χ0) is 42.7. The number of hydrogen-bond donors (Lipinski definition) is 2. The summed E-state index contributed by atoms with van der Waals surface area (Å²) in [5, 5.41) is 20.3. The highest BCUT2D eigenvalue weighted by atomic mass is 80.0. The number of ether oxygens (including phenoxy) is 2. The standard InChI is InChI=1S/C24H40Br2O.C24H42O3.Br3P/c2*1-2-3-4-5-6-7-8-9-10-11-12-13-14-15-16-27-24-18-22(20-25)17-23(19-24)21-26;1-4(2)3/h17-19H,2-16,20-21H2,1H3;17-19,25-26H,2-16,20-21H2,1H3;. The SMILES string of the molecule is BrP(Br)Br.CCCCCCCCCCCCCCCCOc1cc(CBr)cc(CBr)c1.CCCCCCCCCCCCCCCCOc1cc(CO)cc(CO)c1. The van der Waals surface area contributed by atoms with E-state index in [0.29, 0.717) is 6.61 Å². The second-order valence-electron chi connectivity index (χ2n) is 15.6. The Bertz CT molecular complexity index is 1030. The summed E-state index contributed by atoms with van der Waals surface area (Å²) in [5.74, 6) is 1.76. The molecule has 0 bridgehead atoms. The summed E-state index contributed by atoms with van der Waals surface area (Å²) in [7, 11) is 0. The van der Waals surface area contributed by atoms with Gasteiger partial charge < -0.3 is 19.7 Å². The van der Waals surface area contributed by atoms with Crippen LogP contribution in [0.2, 0.25) is 0 Å². The molecule has 0 aliphatic heterocycles. The topological polar surface area (TPSA) is 58.9 Å². The van der Waals surface area contributed by atoms with Crippen LogP contribution >= 0.6 is 82.4 Å². The molecule has 2 N–H and O–H groups in total. The number of hydrogen-bond acceptors (Lipinski definition) is 4. The molecule has 58 heavy (non-hydrogen) atoms. The molecule has 0 saturated carbocycles. The highest BCUT2D eigenvalue weighted by Gasteiger charge is 2.03. The first-order valence-electron chi connectivity index (χ1n) is 23.0. The van der Waals surface area contributed by atoms with Gasteiger partial charge in [-0.3, -0.25) is 0 Å². The van der Waals surface area contributed by atoms with Crippen LogP contribution in [0.4, 0.5) is 0 Å². The molecule has 0 aromatic heterocycles. The number of rotatable bonds is 36. The zero-order valence-corrected chi connectivity index (χ0v) is 45.4. The minimum Gasteiger partial charge on any atom is -0.494 e. The summed E-state index contributed by atoms with van der Waals surface area (Å²) in [6.45, 7) is 6.06. The first kappa shape index (κ1) is 58.8. The number of halogens is 5. The molecule has 2 rings (SSSR count). The van der Waals surface area contributed by atoms with Gasteiger partial charge >= 0.3 is 0 Å². The van der Waals surface area contributed by atoms with E-state index in [0.717, 1.165) is 46.3 Å². The lowest BCUT2D eigenvalue weighted by atomic mass is 10.0. The fourth-order valence-corrected chi connectivity index (χ4v) is 7.58. The van der Waals surface area contributed by atoms with E-state index in [-0.39, 0.29) is 17.2 Å². The zero-order valence-electron chi connectivity index (χ0n) is 36.6. The predicted molar refractivity (Wildman–Crippen MR) is 275 cm³/mol. The molecule has 0 amide bonds. The van der Waals surface area contributed by atoms with Gasteiger partial charge in [0.2, 0.25) is 0 Å². The first-order chi connectivity index (χ1) is 28.3. The normalized spacial score (nSPS) is 10.9. The van der Waals surface area contributed by atoms with Gasteiger partial charge in [0, 0.05) is 10.7 Å². The van der Waals surface area contributed by atoms with Crippen molar-refractivity contribution in [1.82, 2.24) is 0 Å².